The Bertz CT molecular complexity index is 609. The van der Waals surface area contributed by atoms with Crippen LogP contribution in [-0.4, -0.2) is 18.6 Å². The molecule has 0 heterocycles. The van der Waals surface area contributed by atoms with Crippen LogP contribution in [0, 0.1) is 0 Å². The highest BCUT2D eigenvalue weighted by molar-refractivity contribution is 6.00. The van der Waals surface area contributed by atoms with Crippen molar-refractivity contribution in [2.75, 3.05) is 17.2 Å². The summed E-state index contributed by atoms with van der Waals surface area (Å²) in [5, 5.41) is 5.39. The van der Waals surface area contributed by atoms with E-state index in [0.717, 1.165) is 0 Å². The van der Waals surface area contributed by atoms with Crippen LogP contribution in [-0.2, 0) is 4.74 Å². The zero-order valence-corrected chi connectivity index (χ0v) is 11.6. The number of hydrogen-bond donors (Lipinski definition) is 2. The van der Waals surface area contributed by atoms with Crippen LogP contribution in [0.25, 0.3) is 0 Å². The van der Waals surface area contributed by atoms with Crippen LogP contribution < -0.4 is 10.6 Å². The van der Waals surface area contributed by atoms with Crippen molar-refractivity contribution in [2.24, 2.45) is 0 Å². The van der Waals surface area contributed by atoms with Crippen molar-refractivity contribution in [3.05, 3.63) is 60.2 Å². The maximum Gasteiger partial charge on any atom is 0.338 e. The zero-order valence-electron chi connectivity index (χ0n) is 11.6. The molecule has 21 heavy (non-hydrogen) atoms. The molecule has 0 unspecified atom stereocenters. The molecule has 0 aliphatic rings. The number of nitrogens with one attached hydrogen (secondary N) is 2. The smallest absolute Gasteiger partial charge is 0.338 e. The second-order valence-electron chi connectivity index (χ2n) is 4.24. The highest BCUT2D eigenvalue weighted by Gasteiger charge is 2.07. The van der Waals surface area contributed by atoms with Crippen molar-refractivity contribution >= 4 is 23.4 Å². The van der Waals surface area contributed by atoms with Crippen LogP contribution in [0.4, 0.5) is 16.2 Å². The standard InChI is InChI=1S/C16H16N2O3/c1-2-21-15(19)12-8-10-14(11-9-12)18-16(20)17-13-6-4-3-5-7-13/h3-11H,2H2,1H3,(H2,17,18,20). The van der Waals surface area contributed by atoms with E-state index in [-0.39, 0.29) is 12.0 Å². The number of amides is 2. The summed E-state index contributed by atoms with van der Waals surface area (Å²) < 4.78 is 4.89. The van der Waals surface area contributed by atoms with Crippen LogP contribution in [0.2, 0.25) is 0 Å². The molecule has 2 aromatic rings. The monoisotopic (exact) mass is 284 g/mol. The summed E-state index contributed by atoms with van der Waals surface area (Å²) in [4.78, 5) is 23.3. The molecule has 0 aromatic heterocycles. The molecule has 0 aliphatic carbocycles. The second-order valence-corrected chi connectivity index (χ2v) is 4.24. The minimum atomic E-state index is -0.377. The van der Waals surface area contributed by atoms with Gasteiger partial charge in [-0.1, -0.05) is 18.2 Å². The lowest BCUT2D eigenvalue weighted by Gasteiger charge is -2.08. The summed E-state index contributed by atoms with van der Waals surface area (Å²) >= 11 is 0. The van der Waals surface area contributed by atoms with Crippen LogP contribution in [0.3, 0.4) is 0 Å². The maximum absolute atomic E-state index is 11.8. The predicted molar refractivity (Wildman–Crippen MR) is 81.5 cm³/mol. The molecule has 0 radical (unpaired) electrons. The molecule has 2 N–H and O–H groups in total. The zero-order chi connectivity index (χ0) is 15.1. The molecule has 108 valence electrons. The fourth-order valence-corrected chi connectivity index (χ4v) is 1.72. The molecule has 2 aromatic carbocycles. The number of carbonyl (C=O) groups excluding carboxylic acids is 2. The molecule has 2 amide bonds. The number of urea groups is 1. The first kappa shape index (κ1) is 14.6. The average molecular weight is 284 g/mol. The normalized spacial score (nSPS) is 9.76. The first-order valence-corrected chi connectivity index (χ1v) is 6.59. The summed E-state index contributed by atoms with van der Waals surface area (Å²) in [6.07, 6.45) is 0. The molecular formula is C16H16N2O3. The Kier molecular flexibility index (Phi) is 4.93. The third kappa shape index (κ3) is 4.35. The number of para-hydroxylation sites is 1. The maximum atomic E-state index is 11.8. The summed E-state index contributed by atoms with van der Waals surface area (Å²) in [5.74, 6) is -0.377. The van der Waals surface area contributed by atoms with Crippen LogP contribution >= 0.6 is 0 Å². The minimum absolute atomic E-state index is 0.332. The Morgan fingerprint density at radius 1 is 0.905 bits per heavy atom. The molecule has 2 rings (SSSR count). The van der Waals surface area contributed by atoms with E-state index in [9.17, 15) is 9.59 Å². The van der Waals surface area contributed by atoms with Gasteiger partial charge in [0.15, 0.2) is 0 Å². The van der Waals surface area contributed by atoms with Gasteiger partial charge in [0, 0.05) is 11.4 Å². The van der Waals surface area contributed by atoms with E-state index < -0.39 is 0 Å². The second kappa shape index (κ2) is 7.09. The van der Waals surface area contributed by atoms with E-state index in [1.807, 2.05) is 18.2 Å². The van der Waals surface area contributed by atoms with Gasteiger partial charge in [0.25, 0.3) is 0 Å². The van der Waals surface area contributed by atoms with Gasteiger partial charge in [-0.3, -0.25) is 0 Å². The molecule has 0 aliphatic heterocycles. The fraction of sp³-hybridized carbons (Fsp3) is 0.125. The summed E-state index contributed by atoms with van der Waals surface area (Å²) in [5.41, 5.74) is 1.75. The first-order valence-electron chi connectivity index (χ1n) is 6.59. The molecule has 5 heteroatoms. The van der Waals surface area contributed by atoms with Gasteiger partial charge in [0.05, 0.1) is 12.2 Å². The van der Waals surface area contributed by atoms with Crippen molar-refractivity contribution in [1.82, 2.24) is 0 Å². The van der Waals surface area contributed by atoms with E-state index >= 15 is 0 Å². The average Bonchev–Trinajstić information content (AvgIpc) is 2.49. The molecule has 0 fully saturated rings. The van der Waals surface area contributed by atoms with E-state index in [2.05, 4.69) is 10.6 Å². The number of esters is 1. The number of carbonyl (C=O) groups is 2. The van der Waals surface area contributed by atoms with Crippen molar-refractivity contribution < 1.29 is 14.3 Å². The third-order valence-electron chi connectivity index (χ3n) is 2.69. The molecule has 0 atom stereocenters. The molecule has 5 nitrogen and oxygen atoms in total. The van der Waals surface area contributed by atoms with E-state index in [1.165, 1.54) is 0 Å². The lowest BCUT2D eigenvalue weighted by atomic mass is 10.2. The Labute approximate surface area is 122 Å². The summed E-state index contributed by atoms with van der Waals surface area (Å²) in [6.45, 7) is 2.08. The summed E-state index contributed by atoms with van der Waals surface area (Å²) in [7, 11) is 0. The van der Waals surface area contributed by atoms with Gasteiger partial charge in [-0.15, -0.1) is 0 Å². The van der Waals surface area contributed by atoms with Crippen molar-refractivity contribution in [2.45, 2.75) is 6.92 Å². The number of benzene rings is 2. The quantitative estimate of drug-likeness (QED) is 0.844. The highest BCUT2D eigenvalue weighted by Crippen LogP contribution is 2.12. The van der Waals surface area contributed by atoms with Gasteiger partial charge < -0.3 is 15.4 Å². The Morgan fingerprint density at radius 2 is 1.48 bits per heavy atom. The fourth-order valence-electron chi connectivity index (χ4n) is 1.72. The molecule has 0 saturated heterocycles. The largest absolute Gasteiger partial charge is 0.462 e. The highest BCUT2D eigenvalue weighted by atomic mass is 16.5. The first-order chi connectivity index (χ1) is 10.2. The lowest BCUT2D eigenvalue weighted by Crippen LogP contribution is -2.19. The molecule has 0 spiro atoms. The van der Waals surface area contributed by atoms with Crippen molar-refractivity contribution in [3.63, 3.8) is 0 Å². The van der Waals surface area contributed by atoms with Gasteiger partial charge in [-0.05, 0) is 43.3 Å². The minimum Gasteiger partial charge on any atom is -0.462 e. The Balaban J connectivity index is 1.94. The Morgan fingerprint density at radius 3 is 2.05 bits per heavy atom. The van der Waals surface area contributed by atoms with Gasteiger partial charge in [0.1, 0.15) is 0 Å². The van der Waals surface area contributed by atoms with Gasteiger partial charge in [-0.2, -0.15) is 0 Å². The lowest BCUT2D eigenvalue weighted by molar-refractivity contribution is 0.0526. The van der Waals surface area contributed by atoms with Crippen LogP contribution in [0.1, 0.15) is 17.3 Å². The molecule has 0 saturated carbocycles. The number of anilines is 2. The van der Waals surface area contributed by atoms with E-state index in [1.54, 1.807) is 43.3 Å². The number of ether oxygens (including phenoxy) is 1. The predicted octanol–water partition coefficient (Wildman–Crippen LogP) is 3.51. The van der Waals surface area contributed by atoms with Crippen LogP contribution in [0.15, 0.2) is 54.6 Å². The van der Waals surface area contributed by atoms with Gasteiger partial charge in [-0.25, -0.2) is 9.59 Å². The van der Waals surface area contributed by atoms with E-state index in [0.29, 0.717) is 23.5 Å². The molecule has 0 bridgehead atoms. The van der Waals surface area contributed by atoms with Crippen LogP contribution in [0.5, 0.6) is 0 Å². The van der Waals surface area contributed by atoms with E-state index in [4.69, 9.17) is 4.74 Å². The third-order valence-corrected chi connectivity index (χ3v) is 2.69. The van der Waals surface area contributed by atoms with Gasteiger partial charge in [0.2, 0.25) is 0 Å². The Hall–Kier alpha value is -2.82. The van der Waals surface area contributed by atoms with Gasteiger partial charge >= 0.3 is 12.0 Å². The topological polar surface area (TPSA) is 67.4 Å². The SMILES string of the molecule is CCOC(=O)c1ccc(NC(=O)Nc2ccccc2)cc1. The van der Waals surface area contributed by atoms with Crippen molar-refractivity contribution in [3.8, 4) is 0 Å². The van der Waals surface area contributed by atoms with Crippen molar-refractivity contribution in [1.29, 1.82) is 0 Å². The summed E-state index contributed by atoms with van der Waals surface area (Å²) in [6, 6.07) is 15.3. The number of hydrogen-bond acceptors (Lipinski definition) is 3. The molecular weight excluding hydrogens is 268 g/mol. The number of rotatable bonds is 4.